The van der Waals surface area contributed by atoms with Crippen molar-refractivity contribution in [3.8, 4) is 16.9 Å². The van der Waals surface area contributed by atoms with Crippen molar-refractivity contribution in [2.75, 3.05) is 7.05 Å². The second-order valence-corrected chi connectivity index (χ2v) is 5.59. The van der Waals surface area contributed by atoms with Crippen molar-refractivity contribution in [1.29, 1.82) is 0 Å². The molecule has 3 heteroatoms. The van der Waals surface area contributed by atoms with Crippen LogP contribution in [0.3, 0.4) is 0 Å². The van der Waals surface area contributed by atoms with Gasteiger partial charge in [-0.25, -0.2) is 0 Å². The predicted octanol–water partition coefficient (Wildman–Crippen LogP) is 4.27. The first-order chi connectivity index (χ1) is 9.76. The van der Waals surface area contributed by atoms with Crippen LogP contribution in [0.1, 0.15) is 18.4 Å². The number of halogens is 1. The Morgan fingerprint density at radius 2 is 1.95 bits per heavy atom. The Kier molecular flexibility index (Phi) is 3.95. The van der Waals surface area contributed by atoms with Crippen molar-refractivity contribution in [3.05, 3.63) is 53.1 Å². The molecule has 1 aliphatic rings. The molecule has 0 amide bonds. The summed E-state index contributed by atoms with van der Waals surface area (Å²) in [4.78, 5) is 0. The van der Waals surface area contributed by atoms with Crippen LogP contribution in [-0.2, 0) is 6.54 Å². The number of hydrogen-bond donors (Lipinski definition) is 1. The first kappa shape index (κ1) is 13.5. The highest BCUT2D eigenvalue weighted by molar-refractivity contribution is 6.31. The Balaban J connectivity index is 1.89. The summed E-state index contributed by atoms with van der Waals surface area (Å²) < 4.78 is 5.85. The van der Waals surface area contributed by atoms with Crippen LogP contribution in [0, 0.1) is 0 Å². The lowest BCUT2D eigenvalue weighted by Gasteiger charge is -2.10. The van der Waals surface area contributed by atoms with E-state index in [-0.39, 0.29) is 0 Å². The predicted molar refractivity (Wildman–Crippen MR) is 83.3 cm³/mol. The number of benzene rings is 2. The van der Waals surface area contributed by atoms with E-state index >= 15 is 0 Å². The van der Waals surface area contributed by atoms with Gasteiger partial charge in [-0.2, -0.15) is 0 Å². The molecule has 0 saturated heterocycles. The topological polar surface area (TPSA) is 21.3 Å². The van der Waals surface area contributed by atoms with Crippen molar-refractivity contribution in [2.45, 2.75) is 25.5 Å². The van der Waals surface area contributed by atoms with E-state index in [4.69, 9.17) is 16.3 Å². The minimum atomic E-state index is 0.426. The van der Waals surface area contributed by atoms with E-state index in [1.807, 2.05) is 25.2 Å². The highest BCUT2D eigenvalue weighted by Gasteiger charge is 2.23. The minimum absolute atomic E-state index is 0.426. The molecule has 3 rings (SSSR count). The van der Waals surface area contributed by atoms with Gasteiger partial charge in [-0.1, -0.05) is 29.8 Å². The summed E-state index contributed by atoms with van der Waals surface area (Å²) in [5.41, 5.74) is 3.44. The van der Waals surface area contributed by atoms with E-state index < -0.39 is 0 Å². The summed E-state index contributed by atoms with van der Waals surface area (Å²) in [6.07, 6.45) is 2.78. The summed E-state index contributed by atoms with van der Waals surface area (Å²) in [6, 6.07) is 14.4. The summed E-state index contributed by atoms with van der Waals surface area (Å²) in [7, 11) is 1.92. The molecule has 20 heavy (non-hydrogen) atoms. The molecule has 0 heterocycles. The van der Waals surface area contributed by atoms with E-state index in [9.17, 15) is 0 Å². The van der Waals surface area contributed by atoms with Crippen LogP contribution >= 0.6 is 11.6 Å². The highest BCUT2D eigenvalue weighted by Crippen LogP contribution is 2.31. The lowest BCUT2D eigenvalue weighted by molar-refractivity contribution is 0.303. The summed E-state index contributed by atoms with van der Waals surface area (Å²) in [6.45, 7) is 0.769. The van der Waals surface area contributed by atoms with Crippen molar-refractivity contribution in [1.82, 2.24) is 5.32 Å². The van der Waals surface area contributed by atoms with Gasteiger partial charge in [0.1, 0.15) is 5.75 Å². The van der Waals surface area contributed by atoms with E-state index in [1.54, 1.807) is 0 Å². The zero-order valence-electron chi connectivity index (χ0n) is 11.5. The van der Waals surface area contributed by atoms with E-state index in [0.717, 1.165) is 28.4 Å². The molecule has 104 valence electrons. The quantitative estimate of drug-likeness (QED) is 0.887. The van der Waals surface area contributed by atoms with Gasteiger partial charge >= 0.3 is 0 Å². The van der Waals surface area contributed by atoms with Crippen molar-refractivity contribution >= 4 is 11.6 Å². The zero-order chi connectivity index (χ0) is 13.9. The largest absolute Gasteiger partial charge is 0.490 e. The molecule has 0 bridgehead atoms. The Morgan fingerprint density at radius 1 is 1.15 bits per heavy atom. The minimum Gasteiger partial charge on any atom is -0.490 e. The smallest absolute Gasteiger partial charge is 0.120 e. The molecular weight excluding hydrogens is 270 g/mol. The Labute approximate surface area is 124 Å². The van der Waals surface area contributed by atoms with E-state index in [0.29, 0.717) is 6.10 Å². The number of hydrogen-bond acceptors (Lipinski definition) is 2. The van der Waals surface area contributed by atoms with Gasteiger partial charge in [-0.05, 0) is 60.8 Å². The summed E-state index contributed by atoms with van der Waals surface area (Å²) >= 11 is 6.21. The third-order valence-corrected chi connectivity index (χ3v) is 3.78. The third kappa shape index (κ3) is 3.14. The molecule has 0 unspecified atom stereocenters. The zero-order valence-corrected chi connectivity index (χ0v) is 12.3. The fourth-order valence-corrected chi connectivity index (χ4v) is 2.39. The standard InChI is InChI=1S/C17H18ClNO/c1-19-11-14-9-13(5-8-17(14)18)12-3-2-4-16(10-12)20-15-6-7-15/h2-5,8-10,15,19H,6-7,11H2,1H3. The maximum Gasteiger partial charge on any atom is 0.120 e. The molecule has 0 atom stereocenters. The molecule has 1 N–H and O–H groups in total. The monoisotopic (exact) mass is 287 g/mol. The normalized spacial score (nSPS) is 14.3. The molecule has 2 aromatic carbocycles. The van der Waals surface area contributed by atoms with Crippen LogP contribution in [0.5, 0.6) is 5.75 Å². The molecule has 0 aliphatic heterocycles. The fourth-order valence-electron chi connectivity index (χ4n) is 2.21. The molecule has 0 radical (unpaired) electrons. The van der Waals surface area contributed by atoms with Crippen LogP contribution in [0.4, 0.5) is 0 Å². The number of nitrogens with one attached hydrogen (secondary N) is 1. The molecule has 2 aromatic rings. The van der Waals surface area contributed by atoms with Gasteiger partial charge in [0.15, 0.2) is 0 Å². The average molecular weight is 288 g/mol. The van der Waals surface area contributed by atoms with Gasteiger partial charge in [-0.3, -0.25) is 0 Å². The Bertz CT molecular complexity index is 608. The molecule has 1 fully saturated rings. The Hall–Kier alpha value is -1.51. The molecule has 1 aliphatic carbocycles. The average Bonchev–Trinajstić information content (AvgIpc) is 3.26. The SMILES string of the molecule is CNCc1cc(-c2cccc(OC3CC3)c2)ccc1Cl. The van der Waals surface area contributed by atoms with Gasteiger partial charge in [0, 0.05) is 11.6 Å². The van der Waals surface area contributed by atoms with Crippen LogP contribution in [0.2, 0.25) is 5.02 Å². The van der Waals surface area contributed by atoms with E-state index in [2.05, 4.69) is 29.6 Å². The van der Waals surface area contributed by atoms with Gasteiger partial charge in [-0.15, -0.1) is 0 Å². The molecular formula is C17H18ClNO. The maximum absolute atomic E-state index is 6.21. The van der Waals surface area contributed by atoms with Gasteiger partial charge in [0.05, 0.1) is 6.10 Å². The second kappa shape index (κ2) is 5.86. The van der Waals surface area contributed by atoms with Crippen molar-refractivity contribution < 1.29 is 4.74 Å². The summed E-state index contributed by atoms with van der Waals surface area (Å²) in [5.74, 6) is 0.954. The van der Waals surface area contributed by atoms with Gasteiger partial charge in [0.2, 0.25) is 0 Å². The van der Waals surface area contributed by atoms with Crippen LogP contribution < -0.4 is 10.1 Å². The second-order valence-electron chi connectivity index (χ2n) is 5.18. The first-order valence-corrected chi connectivity index (χ1v) is 7.34. The third-order valence-electron chi connectivity index (χ3n) is 3.41. The highest BCUT2D eigenvalue weighted by atomic mass is 35.5. The summed E-state index contributed by atoms with van der Waals surface area (Å²) in [5, 5.41) is 3.94. The Morgan fingerprint density at radius 3 is 2.70 bits per heavy atom. The van der Waals surface area contributed by atoms with E-state index in [1.165, 1.54) is 18.4 Å². The lowest BCUT2D eigenvalue weighted by atomic mass is 10.0. The van der Waals surface area contributed by atoms with Gasteiger partial charge in [0.25, 0.3) is 0 Å². The number of ether oxygens (including phenoxy) is 1. The fraction of sp³-hybridized carbons (Fsp3) is 0.294. The molecule has 1 saturated carbocycles. The maximum atomic E-state index is 6.21. The van der Waals surface area contributed by atoms with Crippen LogP contribution in [0.15, 0.2) is 42.5 Å². The number of rotatable bonds is 5. The van der Waals surface area contributed by atoms with Gasteiger partial charge < -0.3 is 10.1 Å². The van der Waals surface area contributed by atoms with Crippen LogP contribution in [-0.4, -0.2) is 13.2 Å². The van der Waals surface area contributed by atoms with Crippen LogP contribution in [0.25, 0.3) is 11.1 Å². The first-order valence-electron chi connectivity index (χ1n) is 6.96. The molecule has 0 aromatic heterocycles. The molecule has 2 nitrogen and oxygen atoms in total. The molecule has 0 spiro atoms. The van der Waals surface area contributed by atoms with Crippen molar-refractivity contribution in [2.24, 2.45) is 0 Å². The lowest BCUT2D eigenvalue weighted by Crippen LogP contribution is -2.05. The van der Waals surface area contributed by atoms with Crippen molar-refractivity contribution in [3.63, 3.8) is 0 Å².